The van der Waals surface area contributed by atoms with E-state index in [1.807, 2.05) is 0 Å². The van der Waals surface area contributed by atoms with Gasteiger partial charge in [0.15, 0.2) is 0 Å². The van der Waals surface area contributed by atoms with Gasteiger partial charge in [-0.3, -0.25) is 4.79 Å². The number of ketones is 1. The van der Waals surface area contributed by atoms with E-state index >= 15 is 0 Å². The van der Waals surface area contributed by atoms with Crippen LogP contribution >= 0.6 is 0 Å². The molecule has 1 aliphatic rings. The van der Waals surface area contributed by atoms with Crippen molar-refractivity contribution in [3.63, 3.8) is 0 Å². The topological polar surface area (TPSA) is 43.1 Å². The molecule has 1 rings (SSSR count). The lowest BCUT2D eigenvalue weighted by atomic mass is 10.0. The van der Waals surface area contributed by atoms with E-state index in [1.165, 1.54) is 0 Å². The van der Waals surface area contributed by atoms with E-state index in [2.05, 4.69) is 6.92 Å². The van der Waals surface area contributed by atoms with Crippen molar-refractivity contribution in [2.45, 2.75) is 45.1 Å². The molecule has 2 heteroatoms. The minimum absolute atomic E-state index is 0.119. The van der Waals surface area contributed by atoms with Gasteiger partial charge in [0.05, 0.1) is 0 Å². The molecule has 64 valence electrons. The van der Waals surface area contributed by atoms with Crippen LogP contribution in [0.4, 0.5) is 0 Å². The molecule has 0 saturated heterocycles. The summed E-state index contributed by atoms with van der Waals surface area (Å²) in [6, 6.07) is 0.119. The fraction of sp³-hybridized carbons (Fsp3) is 0.889. The predicted molar refractivity (Wildman–Crippen MR) is 45.2 cm³/mol. The van der Waals surface area contributed by atoms with Gasteiger partial charge in [0.2, 0.25) is 0 Å². The summed E-state index contributed by atoms with van der Waals surface area (Å²) >= 11 is 0. The first-order valence-corrected chi connectivity index (χ1v) is 4.52. The van der Waals surface area contributed by atoms with E-state index in [-0.39, 0.29) is 6.04 Å². The molecule has 0 spiro atoms. The summed E-state index contributed by atoms with van der Waals surface area (Å²) in [5, 5.41) is 0. The highest BCUT2D eigenvalue weighted by Crippen LogP contribution is 2.31. The molecule has 0 aromatic carbocycles. The standard InChI is InChI=1S/C9H17NO/c1-2-3-8(10)6-9(11)7-4-5-7/h7-8H,2-6,10H2,1H3. The van der Waals surface area contributed by atoms with Crippen LogP contribution in [-0.2, 0) is 4.79 Å². The monoisotopic (exact) mass is 155 g/mol. The van der Waals surface area contributed by atoms with Crippen LogP contribution in [0.25, 0.3) is 0 Å². The SMILES string of the molecule is CCCC(N)CC(=O)C1CC1. The first-order chi connectivity index (χ1) is 5.24. The summed E-state index contributed by atoms with van der Waals surface area (Å²) in [5.74, 6) is 0.781. The zero-order chi connectivity index (χ0) is 8.27. The van der Waals surface area contributed by atoms with Gasteiger partial charge in [0.25, 0.3) is 0 Å². The molecule has 1 fully saturated rings. The van der Waals surface area contributed by atoms with Crippen molar-refractivity contribution >= 4 is 5.78 Å². The lowest BCUT2D eigenvalue weighted by Gasteiger charge is -2.07. The Morgan fingerprint density at radius 2 is 2.27 bits per heavy atom. The molecule has 0 amide bonds. The van der Waals surface area contributed by atoms with Crippen LogP contribution < -0.4 is 5.73 Å². The van der Waals surface area contributed by atoms with Crippen LogP contribution in [0.2, 0.25) is 0 Å². The zero-order valence-corrected chi connectivity index (χ0v) is 7.18. The Morgan fingerprint density at radius 1 is 1.64 bits per heavy atom. The van der Waals surface area contributed by atoms with Crippen molar-refractivity contribution in [1.29, 1.82) is 0 Å². The summed E-state index contributed by atoms with van der Waals surface area (Å²) in [5.41, 5.74) is 5.73. The van der Waals surface area contributed by atoms with Crippen LogP contribution in [0, 0.1) is 5.92 Å². The highest BCUT2D eigenvalue weighted by atomic mass is 16.1. The fourth-order valence-corrected chi connectivity index (χ4v) is 1.30. The van der Waals surface area contributed by atoms with E-state index in [4.69, 9.17) is 5.73 Å². The number of hydrogen-bond donors (Lipinski definition) is 1. The van der Waals surface area contributed by atoms with E-state index < -0.39 is 0 Å². The molecular formula is C9H17NO. The Labute approximate surface area is 68.2 Å². The Balaban J connectivity index is 2.12. The van der Waals surface area contributed by atoms with Crippen molar-refractivity contribution in [2.75, 3.05) is 0 Å². The van der Waals surface area contributed by atoms with Crippen molar-refractivity contribution in [3.8, 4) is 0 Å². The van der Waals surface area contributed by atoms with Crippen LogP contribution in [0.1, 0.15) is 39.0 Å². The van der Waals surface area contributed by atoms with Crippen LogP contribution in [-0.4, -0.2) is 11.8 Å². The van der Waals surface area contributed by atoms with E-state index in [9.17, 15) is 4.79 Å². The number of Topliss-reactive ketones (excluding diaryl/α,β-unsaturated/α-hetero) is 1. The van der Waals surface area contributed by atoms with Gasteiger partial charge in [-0.05, 0) is 19.3 Å². The first-order valence-electron chi connectivity index (χ1n) is 4.52. The van der Waals surface area contributed by atoms with Crippen LogP contribution in [0.15, 0.2) is 0 Å². The summed E-state index contributed by atoms with van der Waals surface area (Å²) < 4.78 is 0. The van der Waals surface area contributed by atoms with Crippen LogP contribution in [0.3, 0.4) is 0 Å². The Bertz CT molecular complexity index is 140. The molecule has 0 bridgehead atoms. The number of nitrogens with two attached hydrogens (primary N) is 1. The molecule has 0 aliphatic heterocycles. The summed E-state index contributed by atoms with van der Waals surface area (Å²) in [4.78, 5) is 11.2. The second-order valence-corrected chi connectivity index (χ2v) is 3.49. The zero-order valence-electron chi connectivity index (χ0n) is 7.18. The molecule has 0 aromatic rings. The maximum absolute atomic E-state index is 11.2. The normalized spacial score (nSPS) is 19.8. The predicted octanol–water partition coefficient (Wildman–Crippen LogP) is 1.48. The summed E-state index contributed by atoms with van der Waals surface area (Å²) in [6.07, 6.45) is 4.89. The maximum atomic E-state index is 11.2. The van der Waals surface area contributed by atoms with Gasteiger partial charge in [0, 0.05) is 18.4 Å². The summed E-state index contributed by atoms with van der Waals surface area (Å²) in [7, 11) is 0. The van der Waals surface area contributed by atoms with Gasteiger partial charge in [-0.15, -0.1) is 0 Å². The van der Waals surface area contributed by atoms with E-state index in [0.29, 0.717) is 18.1 Å². The first kappa shape index (κ1) is 8.72. The second-order valence-electron chi connectivity index (χ2n) is 3.49. The third kappa shape index (κ3) is 3.02. The smallest absolute Gasteiger partial charge is 0.137 e. The minimum atomic E-state index is 0.119. The molecule has 1 atom stereocenters. The highest BCUT2D eigenvalue weighted by Gasteiger charge is 2.29. The Hall–Kier alpha value is -0.370. The van der Waals surface area contributed by atoms with Gasteiger partial charge in [0.1, 0.15) is 5.78 Å². The lowest BCUT2D eigenvalue weighted by molar-refractivity contribution is -0.120. The fourth-order valence-electron chi connectivity index (χ4n) is 1.30. The average molecular weight is 155 g/mol. The number of carbonyl (C=O) groups is 1. The van der Waals surface area contributed by atoms with Gasteiger partial charge in [-0.2, -0.15) is 0 Å². The van der Waals surface area contributed by atoms with Gasteiger partial charge >= 0.3 is 0 Å². The molecular weight excluding hydrogens is 138 g/mol. The molecule has 1 saturated carbocycles. The van der Waals surface area contributed by atoms with E-state index in [1.54, 1.807) is 0 Å². The van der Waals surface area contributed by atoms with Crippen LogP contribution in [0.5, 0.6) is 0 Å². The molecule has 0 radical (unpaired) electrons. The Morgan fingerprint density at radius 3 is 2.73 bits per heavy atom. The van der Waals surface area contributed by atoms with Gasteiger partial charge in [-0.1, -0.05) is 13.3 Å². The molecule has 1 aliphatic carbocycles. The second kappa shape index (κ2) is 3.86. The lowest BCUT2D eigenvalue weighted by Crippen LogP contribution is -2.24. The Kier molecular flexibility index (Phi) is 3.06. The van der Waals surface area contributed by atoms with Gasteiger partial charge in [-0.25, -0.2) is 0 Å². The van der Waals surface area contributed by atoms with E-state index in [0.717, 1.165) is 25.7 Å². The van der Waals surface area contributed by atoms with Crippen molar-refractivity contribution < 1.29 is 4.79 Å². The molecule has 0 aromatic heterocycles. The van der Waals surface area contributed by atoms with Gasteiger partial charge < -0.3 is 5.73 Å². The van der Waals surface area contributed by atoms with Crippen molar-refractivity contribution in [3.05, 3.63) is 0 Å². The van der Waals surface area contributed by atoms with Crippen molar-refractivity contribution in [2.24, 2.45) is 11.7 Å². The number of rotatable bonds is 5. The average Bonchev–Trinajstić information content (AvgIpc) is 2.67. The highest BCUT2D eigenvalue weighted by molar-refractivity contribution is 5.83. The molecule has 1 unspecified atom stereocenters. The maximum Gasteiger partial charge on any atom is 0.137 e. The third-order valence-corrected chi connectivity index (χ3v) is 2.16. The van der Waals surface area contributed by atoms with Crippen molar-refractivity contribution in [1.82, 2.24) is 0 Å². The number of hydrogen-bond acceptors (Lipinski definition) is 2. The molecule has 11 heavy (non-hydrogen) atoms. The quantitative estimate of drug-likeness (QED) is 0.653. The molecule has 0 heterocycles. The molecule has 2 nitrogen and oxygen atoms in total. The largest absolute Gasteiger partial charge is 0.327 e. The minimum Gasteiger partial charge on any atom is -0.327 e. The third-order valence-electron chi connectivity index (χ3n) is 2.16. The molecule has 2 N–H and O–H groups in total. The number of carbonyl (C=O) groups excluding carboxylic acids is 1. The summed E-state index contributed by atoms with van der Waals surface area (Å²) in [6.45, 7) is 2.10.